The second-order valence-corrected chi connectivity index (χ2v) is 6.59. The van der Waals surface area contributed by atoms with Crippen molar-refractivity contribution in [3.05, 3.63) is 77.3 Å². The highest BCUT2D eigenvalue weighted by Crippen LogP contribution is 2.26. The third-order valence-corrected chi connectivity index (χ3v) is 4.65. The predicted molar refractivity (Wildman–Crippen MR) is 106 cm³/mol. The van der Waals surface area contributed by atoms with Crippen LogP contribution in [0.1, 0.15) is 32.1 Å². The first-order valence-corrected chi connectivity index (χ1v) is 8.94. The summed E-state index contributed by atoms with van der Waals surface area (Å²) < 4.78 is 14.8. The molecule has 9 heteroatoms. The summed E-state index contributed by atoms with van der Waals surface area (Å²) in [5, 5.41) is 0.257. The number of hydrogen-bond acceptors (Lipinski definition) is 6. The van der Waals surface area contributed by atoms with Gasteiger partial charge >= 0.3 is 5.97 Å². The Morgan fingerprint density at radius 3 is 2.63 bits per heavy atom. The molecule has 0 aliphatic carbocycles. The number of aryl methyl sites for hydroxylation is 1. The van der Waals surface area contributed by atoms with E-state index in [4.69, 9.17) is 10.6 Å². The minimum Gasteiger partial charge on any atom is -0.366 e. The van der Waals surface area contributed by atoms with Crippen molar-refractivity contribution in [1.82, 2.24) is 19.7 Å². The molecule has 2 N–H and O–H groups in total. The van der Waals surface area contributed by atoms with Crippen LogP contribution in [-0.2, 0) is 0 Å². The number of carbonyl (C=O) groups is 2. The molecule has 0 radical (unpaired) electrons. The average molecular weight is 405 g/mol. The third-order valence-electron chi connectivity index (χ3n) is 4.65. The van der Waals surface area contributed by atoms with Crippen LogP contribution in [0.25, 0.3) is 22.3 Å². The summed E-state index contributed by atoms with van der Waals surface area (Å²) in [5.41, 5.74) is 7.40. The first-order valence-electron chi connectivity index (χ1n) is 8.94. The maximum absolute atomic E-state index is 13.7. The molecule has 0 bridgehead atoms. The Balaban J connectivity index is 1.72. The molecular formula is C21H16FN5O3. The van der Waals surface area contributed by atoms with Gasteiger partial charge in [-0.25, -0.2) is 19.2 Å². The highest BCUT2D eigenvalue weighted by Gasteiger charge is 2.23. The lowest BCUT2D eigenvalue weighted by molar-refractivity contribution is 0.0470. The molecule has 0 spiro atoms. The fourth-order valence-electron chi connectivity index (χ4n) is 3.23. The monoisotopic (exact) mass is 405 g/mol. The number of amides is 1. The molecule has 4 rings (SSSR count). The van der Waals surface area contributed by atoms with E-state index in [9.17, 15) is 14.0 Å². The van der Waals surface area contributed by atoms with Crippen LogP contribution >= 0.6 is 0 Å². The maximum atomic E-state index is 13.7. The van der Waals surface area contributed by atoms with Gasteiger partial charge in [0.15, 0.2) is 5.82 Å². The van der Waals surface area contributed by atoms with Gasteiger partial charge in [0.25, 0.3) is 5.91 Å². The van der Waals surface area contributed by atoms with Crippen molar-refractivity contribution in [3.8, 4) is 11.4 Å². The Labute approximate surface area is 170 Å². The predicted octanol–water partition coefficient (Wildman–Crippen LogP) is 2.62. The molecule has 0 unspecified atom stereocenters. The van der Waals surface area contributed by atoms with Gasteiger partial charge in [-0.2, -0.15) is 4.73 Å². The number of carbonyl (C=O) groups excluding carboxylic acids is 2. The summed E-state index contributed by atoms with van der Waals surface area (Å²) >= 11 is 0. The molecule has 0 aliphatic rings. The molecule has 0 aliphatic heterocycles. The van der Waals surface area contributed by atoms with E-state index >= 15 is 0 Å². The van der Waals surface area contributed by atoms with Gasteiger partial charge in [-0.1, -0.05) is 0 Å². The lowest BCUT2D eigenvalue weighted by Gasteiger charge is -2.10. The molecular weight excluding hydrogens is 389 g/mol. The number of primary amides is 1. The lowest BCUT2D eigenvalue weighted by Crippen LogP contribution is -2.23. The number of pyridine rings is 1. The number of nitrogens with two attached hydrogens (primary N) is 1. The van der Waals surface area contributed by atoms with Crippen LogP contribution in [-0.4, -0.2) is 31.6 Å². The standard InChI is InChI=1S/C21H16FN5O3/c1-11-16(10-25-20(26-11)13-4-3-7-24-9-13)21(29)30-27-12(2)18(19(23)28)15-8-14(22)5-6-17(15)27/h3-10H,1-2H3,(H2,23,28). The molecule has 150 valence electrons. The van der Waals surface area contributed by atoms with Crippen molar-refractivity contribution >= 4 is 22.8 Å². The van der Waals surface area contributed by atoms with Crippen molar-refractivity contribution in [1.29, 1.82) is 0 Å². The SMILES string of the molecule is Cc1nc(-c2cccnc2)ncc1C(=O)On1c(C)c(C(N)=O)c2cc(F)ccc21. The topological polar surface area (TPSA) is 113 Å². The summed E-state index contributed by atoms with van der Waals surface area (Å²) in [6, 6.07) is 7.35. The summed E-state index contributed by atoms with van der Waals surface area (Å²) in [6.45, 7) is 3.21. The number of hydrogen-bond donors (Lipinski definition) is 1. The van der Waals surface area contributed by atoms with Crippen LogP contribution < -0.4 is 10.6 Å². The molecule has 0 atom stereocenters. The Morgan fingerprint density at radius 2 is 1.97 bits per heavy atom. The highest BCUT2D eigenvalue weighted by atomic mass is 19.1. The van der Waals surface area contributed by atoms with Gasteiger partial charge in [-0.3, -0.25) is 9.78 Å². The number of benzene rings is 1. The van der Waals surface area contributed by atoms with E-state index < -0.39 is 17.7 Å². The van der Waals surface area contributed by atoms with Crippen LogP contribution in [0.15, 0.2) is 48.9 Å². The van der Waals surface area contributed by atoms with Crippen LogP contribution in [0.3, 0.4) is 0 Å². The van der Waals surface area contributed by atoms with Crippen molar-refractivity contribution in [2.45, 2.75) is 13.8 Å². The Hall–Kier alpha value is -4.14. The van der Waals surface area contributed by atoms with Crippen molar-refractivity contribution in [3.63, 3.8) is 0 Å². The number of nitrogens with zero attached hydrogens (tertiary/aromatic N) is 4. The normalized spacial score (nSPS) is 10.9. The zero-order valence-corrected chi connectivity index (χ0v) is 16.1. The van der Waals surface area contributed by atoms with Crippen LogP contribution in [0.2, 0.25) is 0 Å². The van der Waals surface area contributed by atoms with Gasteiger partial charge in [0.05, 0.1) is 22.5 Å². The average Bonchev–Trinajstić information content (AvgIpc) is 2.99. The summed E-state index contributed by atoms with van der Waals surface area (Å²) in [5.74, 6) is -1.60. The molecule has 0 saturated heterocycles. The van der Waals surface area contributed by atoms with Crippen molar-refractivity contribution in [2.24, 2.45) is 5.73 Å². The van der Waals surface area contributed by atoms with Crippen LogP contribution in [0.5, 0.6) is 0 Å². The van der Waals surface area contributed by atoms with E-state index in [1.165, 1.54) is 24.4 Å². The Morgan fingerprint density at radius 1 is 1.17 bits per heavy atom. The largest absolute Gasteiger partial charge is 0.367 e. The number of rotatable bonds is 4. The smallest absolute Gasteiger partial charge is 0.366 e. The van der Waals surface area contributed by atoms with Crippen LogP contribution in [0, 0.1) is 19.7 Å². The lowest BCUT2D eigenvalue weighted by atomic mass is 10.1. The molecule has 4 aromatic rings. The van der Waals surface area contributed by atoms with E-state index in [0.717, 1.165) is 4.73 Å². The zero-order chi connectivity index (χ0) is 21.4. The maximum Gasteiger partial charge on any atom is 0.367 e. The summed E-state index contributed by atoms with van der Waals surface area (Å²) in [4.78, 5) is 42.8. The molecule has 8 nitrogen and oxygen atoms in total. The van der Waals surface area contributed by atoms with Gasteiger partial charge in [-0.15, -0.1) is 0 Å². The van der Waals surface area contributed by atoms with Crippen molar-refractivity contribution < 1.29 is 18.8 Å². The number of fused-ring (bicyclic) bond motifs is 1. The molecule has 0 fully saturated rings. The number of aromatic nitrogens is 4. The zero-order valence-electron chi connectivity index (χ0n) is 16.1. The quantitative estimate of drug-likeness (QED) is 0.558. The minimum atomic E-state index is -0.752. The first-order chi connectivity index (χ1) is 14.4. The van der Waals surface area contributed by atoms with Gasteiger partial charge in [-0.05, 0) is 44.2 Å². The third kappa shape index (κ3) is 3.26. The Kier molecular flexibility index (Phi) is 4.71. The fraction of sp³-hybridized carbons (Fsp3) is 0.0952. The van der Waals surface area contributed by atoms with Gasteiger partial charge in [0.2, 0.25) is 0 Å². The van der Waals surface area contributed by atoms with E-state index in [2.05, 4.69) is 15.0 Å². The van der Waals surface area contributed by atoms with E-state index in [-0.39, 0.29) is 22.2 Å². The van der Waals surface area contributed by atoms with E-state index in [1.54, 1.807) is 38.4 Å². The second-order valence-electron chi connectivity index (χ2n) is 6.59. The van der Waals surface area contributed by atoms with Gasteiger partial charge in [0.1, 0.15) is 11.4 Å². The number of halogens is 1. The van der Waals surface area contributed by atoms with E-state index in [0.29, 0.717) is 22.6 Å². The highest BCUT2D eigenvalue weighted by molar-refractivity contribution is 6.07. The molecule has 3 heterocycles. The van der Waals surface area contributed by atoms with Crippen molar-refractivity contribution in [2.75, 3.05) is 0 Å². The summed E-state index contributed by atoms with van der Waals surface area (Å²) in [6.07, 6.45) is 4.62. The Bertz CT molecular complexity index is 1300. The molecule has 1 amide bonds. The molecule has 30 heavy (non-hydrogen) atoms. The fourth-order valence-corrected chi connectivity index (χ4v) is 3.23. The first kappa shape index (κ1) is 19.2. The molecule has 0 saturated carbocycles. The minimum absolute atomic E-state index is 0.0807. The van der Waals surface area contributed by atoms with Gasteiger partial charge < -0.3 is 10.6 Å². The molecule has 1 aromatic carbocycles. The van der Waals surface area contributed by atoms with Crippen LogP contribution in [0.4, 0.5) is 4.39 Å². The van der Waals surface area contributed by atoms with Gasteiger partial charge in [0, 0.05) is 29.5 Å². The summed E-state index contributed by atoms with van der Waals surface area (Å²) in [7, 11) is 0. The van der Waals surface area contributed by atoms with E-state index in [1.807, 2.05) is 0 Å². The molecule has 3 aromatic heterocycles. The second kappa shape index (κ2) is 7.36.